The fraction of sp³-hybridized carbons (Fsp3) is 0. The zero-order chi connectivity index (χ0) is 17.0. The maximum Gasteiger partial charge on any atom is 0.271 e. The highest BCUT2D eigenvalue weighted by molar-refractivity contribution is 6.36. The van der Waals surface area contributed by atoms with Crippen LogP contribution < -0.4 is 10.9 Å². The third-order valence-corrected chi connectivity index (χ3v) is 3.35. The molecule has 118 valence electrons. The van der Waals surface area contributed by atoms with Crippen LogP contribution in [-0.4, -0.2) is 16.7 Å². The molecule has 2 N–H and O–H groups in total. The van der Waals surface area contributed by atoms with Gasteiger partial charge in [-0.2, -0.15) is 0 Å². The first kappa shape index (κ1) is 16.7. The number of nitrogens with one attached hydrogen (secondary N) is 2. The van der Waals surface area contributed by atoms with E-state index in [0.29, 0.717) is 5.02 Å². The zero-order valence-corrected chi connectivity index (χ0v) is 12.9. The van der Waals surface area contributed by atoms with Crippen molar-refractivity contribution in [3.63, 3.8) is 0 Å². The number of nitro groups is 1. The van der Waals surface area contributed by atoms with Gasteiger partial charge in [0, 0.05) is 22.7 Å². The first-order valence-corrected chi connectivity index (χ1v) is 6.94. The molecule has 2 rings (SSSR count). The average Bonchev–Trinajstić information content (AvgIpc) is 2.52. The maximum atomic E-state index is 11.9. The minimum Gasteiger partial charge on any atom is -0.267 e. The summed E-state index contributed by atoms with van der Waals surface area (Å²) in [5, 5.41) is 11.1. The highest BCUT2D eigenvalue weighted by atomic mass is 35.5. The minimum absolute atomic E-state index is 0.139. The molecule has 2 aromatic carbocycles. The summed E-state index contributed by atoms with van der Waals surface area (Å²) in [5.41, 5.74) is 4.53. The van der Waals surface area contributed by atoms with Crippen LogP contribution in [-0.2, 0) is 0 Å². The van der Waals surface area contributed by atoms with Crippen molar-refractivity contribution < 1.29 is 14.5 Å². The van der Waals surface area contributed by atoms with E-state index in [-0.39, 0.29) is 21.8 Å². The summed E-state index contributed by atoms with van der Waals surface area (Å²) in [4.78, 5) is 33.7. The second-order valence-corrected chi connectivity index (χ2v) is 5.18. The minimum atomic E-state index is -0.627. The van der Waals surface area contributed by atoms with Crippen LogP contribution >= 0.6 is 23.2 Å². The third-order valence-electron chi connectivity index (χ3n) is 2.81. The second-order valence-electron chi connectivity index (χ2n) is 4.34. The van der Waals surface area contributed by atoms with Gasteiger partial charge in [0.25, 0.3) is 17.5 Å². The number of hydrogen-bond donors (Lipinski definition) is 2. The van der Waals surface area contributed by atoms with Crippen molar-refractivity contribution in [2.24, 2.45) is 0 Å². The highest BCUT2D eigenvalue weighted by Crippen LogP contribution is 2.20. The molecular weight excluding hydrogens is 345 g/mol. The molecule has 0 aliphatic carbocycles. The molecule has 0 saturated heterocycles. The second kappa shape index (κ2) is 7.08. The number of nitro benzene ring substituents is 1. The molecule has 0 aliphatic rings. The van der Waals surface area contributed by atoms with Gasteiger partial charge in [-0.15, -0.1) is 0 Å². The van der Waals surface area contributed by atoms with Gasteiger partial charge in [0.05, 0.1) is 15.5 Å². The number of rotatable bonds is 3. The number of nitrogens with zero attached hydrogens (tertiary/aromatic N) is 1. The molecule has 23 heavy (non-hydrogen) atoms. The number of carbonyl (C=O) groups is 2. The van der Waals surface area contributed by atoms with E-state index in [9.17, 15) is 19.7 Å². The predicted molar refractivity (Wildman–Crippen MR) is 84.5 cm³/mol. The van der Waals surface area contributed by atoms with E-state index in [2.05, 4.69) is 10.9 Å². The van der Waals surface area contributed by atoms with E-state index in [0.717, 1.165) is 0 Å². The van der Waals surface area contributed by atoms with Crippen LogP contribution in [0.5, 0.6) is 0 Å². The van der Waals surface area contributed by atoms with Gasteiger partial charge in [-0.1, -0.05) is 23.2 Å². The number of hydrazine groups is 1. The lowest BCUT2D eigenvalue weighted by Gasteiger charge is -2.08. The summed E-state index contributed by atoms with van der Waals surface area (Å²) in [5.74, 6) is -1.25. The lowest BCUT2D eigenvalue weighted by molar-refractivity contribution is -0.384. The highest BCUT2D eigenvalue weighted by Gasteiger charge is 2.13. The van der Waals surface area contributed by atoms with E-state index < -0.39 is 16.7 Å². The molecule has 0 radical (unpaired) electrons. The van der Waals surface area contributed by atoms with Crippen molar-refractivity contribution in [1.82, 2.24) is 10.9 Å². The quantitative estimate of drug-likeness (QED) is 0.654. The summed E-state index contributed by atoms with van der Waals surface area (Å²) in [7, 11) is 0. The van der Waals surface area contributed by atoms with Crippen molar-refractivity contribution in [3.8, 4) is 0 Å². The van der Waals surface area contributed by atoms with E-state index >= 15 is 0 Å². The molecule has 0 unspecified atom stereocenters. The Bertz CT molecular complexity index is 778. The number of carbonyl (C=O) groups excluding carboxylic acids is 2. The molecule has 0 saturated carbocycles. The standard InChI is InChI=1S/C14H9Cl2N3O4/c15-9-3-6-11(12(16)7-9)14(21)18-17-13(20)8-1-4-10(5-2-8)19(22)23/h1-7H,(H,17,20)(H,18,21). The Morgan fingerprint density at radius 3 is 2.13 bits per heavy atom. The van der Waals surface area contributed by atoms with Gasteiger partial charge in [0.1, 0.15) is 0 Å². The first-order valence-electron chi connectivity index (χ1n) is 6.18. The Kier molecular flexibility index (Phi) is 5.15. The summed E-state index contributed by atoms with van der Waals surface area (Å²) >= 11 is 11.6. The number of non-ortho nitro benzene ring substituents is 1. The van der Waals surface area contributed by atoms with Crippen molar-refractivity contribution in [2.75, 3.05) is 0 Å². The van der Waals surface area contributed by atoms with E-state index in [1.54, 1.807) is 0 Å². The normalized spacial score (nSPS) is 10.0. The van der Waals surface area contributed by atoms with Crippen molar-refractivity contribution in [3.05, 3.63) is 73.8 Å². The van der Waals surface area contributed by atoms with Crippen molar-refractivity contribution >= 4 is 40.7 Å². The van der Waals surface area contributed by atoms with E-state index in [1.807, 2.05) is 0 Å². The van der Waals surface area contributed by atoms with Crippen molar-refractivity contribution in [1.29, 1.82) is 0 Å². The molecular formula is C14H9Cl2N3O4. The Morgan fingerprint density at radius 1 is 0.957 bits per heavy atom. The van der Waals surface area contributed by atoms with Crippen LogP contribution in [0.15, 0.2) is 42.5 Å². The molecule has 0 heterocycles. The van der Waals surface area contributed by atoms with Crippen LogP contribution in [0.25, 0.3) is 0 Å². The number of hydrogen-bond acceptors (Lipinski definition) is 4. The van der Waals surface area contributed by atoms with Gasteiger partial charge >= 0.3 is 0 Å². The van der Waals surface area contributed by atoms with E-state index in [4.69, 9.17) is 23.2 Å². The van der Waals surface area contributed by atoms with Crippen LogP contribution in [0.3, 0.4) is 0 Å². The number of halogens is 2. The lowest BCUT2D eigenvalue weighted by Crippen LogP contribution is -2.41. The molecule has 0 fully saturated rings. The molecule has 2 amide bonds. The summed E-state index contributed by atoms with van der Waals surface area (Å²) in [6.07, 6.45) is 0. The van der Waals surface area contributed by atoms with Crippen LogP contribution in [0, 0.1) is 10.1 Å². The predicted octanol–water partition coefficient (Wildman–Crippen LogP) is 2.98. The monoisotopic (exact) mass is 353 g/mol. The topological polar surface area (TPSA) is 101 Å². The van der Waals surface area contributed by atoms with Gasteiger partial charge in [-0.05, 0) is 30.3 Å². The van der Waals surface area contributed by atoms with Gasteiger partial charge in [0.2, 0.25) is 0 Å². The first-order chi connectivity index (χ1) is 10.9. The summed E-state index contributed by atoms with van der Waals surface area (Å²) in [6, 6.07) is 9.22. The number of amides is 2. The number of benzene rings is 2. The Labute approximate surface area is 140 Å². The van der Waals surface area contributed by atoms with Gasteiger partial charge in [-0.25, -0.2) is 0 Å². The van der Waals surface area contributed by atoms with Gasteiger partial charge in [-0.3, -0.25) is 30.6 Å². The summed E-state index contributed by atoms with van der Waals surface area (Å²) < 4.78 is 0. The van der Waals surface area contributed by atoms with Crippen LogP contribution in [0.4, 0.5) is 5.69 Å². The van der Waals surface area contributed by atoms with Gasteiger partial charge in [0.15, 0.2) is 0 Å². The van der Waals surface area contributed by atoms with Crippen molar-refractivity contribution in [2.45, 2.75) is 0 Å². The fourth-order valence-corrected chi connectivity index (χ4v) is 2.16. The van der Waals surface area contributed by atoms with Crippen LogP contribution in [0.2, 0.25) is 10.0 Å². The largest absolute Gasteiger partial charge is 0.271 e. The lowest BCUT2D eigenvalue weighted by atomic mass is 10.2. The molecule has 9 heteroatoms. The summed E-state index contributed by atoms with van der Waals surface area (Å²) in [6.45, 7) is 0. The fourth-order valence-electron chi connectivity index (χ4n) is 1.66. The average molecular weight is 354 g/mol. The molecule has 0 aliphatic heterocycles. The molecule has 0 aromatic heterocycles. The smallest absolute Gasteiger partial charge is 0.267 e. The van der Waals surface area contributed by atoms with E-state index in [1.165, 1.54) is 42.5 Å². The zero-order valence-electron chi connectivity index (χ0n) is 11.4. The van der Waals surface area contributed by atoms with Crippen LogP contribution in [0.1, 0.15) is 20.7 Å². The molecule has 0 atom stereocenters. The SMILES string of the molecule is O=C(NNC(=O)c1ccc(Cl)cc1Cl)c1ccc([N+](=O)[O-])cc1. The molecule has 7 nitrogen and oxygen atoms in total. The molecule has 0 bridgehead atoms. The van der Waals surface area contributed by atoms with Gasteiger partial charge < -0.3 is 0 Å². The Morgan fingerprint density at radius 2 is 1.57 bits per heavy atom. The third kappa shape index (κ3) is 4.18. The Balaban J connectivity index is 2.00. The molecule has 0 spiro atoms. The Hall–Kier alpha value is -2.64. The maximum absolute atomic E-state index is 11.9. The molecule has 2 aromatic rings.